The first-order valence-electron chi connectivity index (χ1n) is 6.23. The van der Waals surface area contributed by atoms with E-state index in [1.807, 2.05) is 19.1 Å². The number of aryl methyl sites for hydroxylation is 1. The summed E-state index contributed by atoms with van der Waals surface area (Å²) in [5.41, 5.74) is 2.61. The number of pyridine rings is 2. The molecular weight excluding hydrogens is 283 g/mol. The summed E-state index contributed by atoms with van der Waals surface area (Å²) in [4.78, 5) is 8.04. The Morgan fingerprint density at radius 2 is 1.90 bits per heavy atom. The van der Waals surface area contributed by atoms with E-state index < -0.39 is 12.8 Å². The first-order chi connectivity index (χ1) is 9.92. The van der Waals surface area contributed by atoms with Crippen LogP contribution in [-0.2, 0) is 6.54 Å². The minimum Gasteiger partial charge on any atom is -0.468 e. The average molecular weight is 297 g/mol. The van der Waals surface area contributed by atoms with Gasteiger partial charge in [-0.05, 0) is 24.6 Å². The van der Waals surface area contributed by atoms with Crippen LogP contribution in [0.25, 0.3) is 0 Å². The van der Waals surface area contributed by atoms with Gasteiger partial charge in [-0.15, -0.1) is 0 Å². The van der Waals surface area contributed by atoms with Gasteiger partial charge in [-0.3, -0.25) is 4.98 Å². The number of halogens is 3. The molecule has 0 bridgehead atoms. The van der Waals surface area contributed by atoms with Gasteiger partial charge in [0.2, 0.25) is 5.88 Å². The van der Waals surface area contributed by atoms with E-state index in [1.165, 1.54) is 12.3 Å². The molecule has 7 heteroatoms. The molecule has 0 fully saturated rings. The second-order valence-electron chi connectivity index (χ2n) is 4.47. The highest BCUT2D eigenvalue weighted by molar-refractivity contribution is 5.42. The van der Waals surface area contributed by atoms with Crippen LogP contribution in [0, 0.1) is 6.92 Å². The number of hydrogen-bond donors (Lipinski definition) is 1. The molecule has 0 aromatic carbocycles. The number of aromatic nitrogens is 2. The second-order valence-corrected chi connectivity index (χ2v) is 4.47. The van der Waals surface area contributed by atoms with Crippen LogP contribution >= 0.6 is 0 Å². The Bertz CT molecular complexity index is 568. The molecule has 0 aliphatic carbocycles. The topological polar surface area (TPSA) is 47.0 Å². The summed E-state index contributed by atoms with van der Waals surface area (Å²) in [5.74, 6) is -0.0636. The second kappa shape index (κ2) is 6.43. The molecule has 2 rings (SSSR count). The van der Waals surface area contributed by atoms with Crippen molar-refractivity contribution in [1.82, 2.24) is 9.97 Å². The molecule has 0 aliphatic rings. The summed E-state index contributed by atoms with van der Waals surface area (Å²) < 4.78 is 40.5. The molecule has 4 nitrogen and oxygen atoms in total. The molecule has 2 aromatic rings. The quantitative estimate of drug-likeness (QED) is 0.919. The number of nitrogens with zero attached hydrogens (tertiary/aromatic N) is 2. The van der Waals surface area contributed by atoms with E-state index in [2.05, 4.69) is 20.0 Å². The zero-order chi connectivity index (χ0) is 15.3. The standard InChI is InChI=1S/C14H14F3N3O/c1-10-2-3-11(18-6-10)7-19-12-4-5-13(20-8-12)21-9-14(15,16)17/h2-6,8,19H,7,9H2,1H3. The molecule has 0 saturated heterocycles. The molecule has 0 amide bonds. The maximum Gasteiger partial charge on any atom is 0.422 e. The number of anilines is 1. The van der Waals surface area contributed by atoms with Crippen molar-refractivity contribution in [2.45, 2.75) is 19.6 Å². The summed E-state index contributed by atoms with van der Waals surface area (Å²) in [6.45, 7) is 1.11. The van der Waals surface area contributed by atoms with Gasteiger partial charge in [0.15, 0.2) is 6.61 Å². The molecule has 2 aromatic heterocycles. The Balaban J connectivity index is 1.86. The number of nitrogens with one attached hydrogen (secondary N) is 1. The van der Waals surface area contributed by atoms with Crippen LogP contribution in [0.1, 0.15) is 11.3 Å². The third-order valence-corrected chi connectivity index (χ3v) is 2.57. The van der Waals surface area contributed by atoms with E-state index in [0.29, 0.717) is 12.2 Å². The summed E-state index contributed by atoms with van der Waals surface area (Å²) in [6.07, 6.45) is -1.18. The van der Waals surface area contributed by atoms with Crippen LogP contribution in [-0.4, -0.2) is 22.8 Å². The Hall–Kier alpha value is -2.31. The van der Waals surface area contributed by atoms with Gasteiger partial charge < -0.3 is 10.1 Å². The highest BCUT2D eigenvalue weighted by Crippen LogP contribution is 2.18. The zero-order valence-corrected chi connectivity index (χ0v) is 11.3. The Morgan fingerprint density at radius 1 is 1.10 bits per heavy atom. The lowest BCUT2D eigenvalue weighted by Crippen LogP contribution is -2.19. The van der Waals surface area contributed by atoms with Crippen molar-refractivity contribution in [3.8, 4) is 5.88 Å². The van der Waals surface area contributed by atoms with Crippen LogP contribution in [0.2, 0.25) is 0 Å². The monoisotopic (exact) mass is 297 g/mol. The summed E-state index contributed by atoms with van der Waals surface area (Å²) in [7, 11) is 0. The van der Waals surface area contributed by atoms with Crippen molar-refractivity contribution in [1.29, 1.82) is 0 Å². The maximum atomic E-state index is 12.0. The number of hydrogen-bond acceptors (Lipinski definition) is 4. The maximum absolute atomic E-state index is 12.0. The summed E-state index contributed by atoms with van der Waals surface area (Å²) in [5, 5.41) is 3.08. The van der Waals surface area contributed by atoms with E-state index in [0.717, 1.165) is 11.3 Å². The lowest BCUT2D eigenvalue weighted by atomic mass is 10.3. The normalized spacial score (nSPS) is 11.2. The third-order valence-electron chi connectivity index (χ3n) is 2.57. The molecule has 0 unspecified atom stereocenters. The van der Waals surface area contributed by atoms with Crippen molar-refractivity contribution >= 4 is 5.69 Å². The van der Waals surface area contributed by atoms with E-state index in [1.54, 1.807) is 12.3 Å². The molecule has 0 aliphatic heterocycles. The van der Waals surface area contributed by atoms with Gasteiger partial charge in [-0.1, -0.05) is 6.07 Å². The number of ether oxygens (including phenoxy) is 1. The third kappa shape index (κ3) is 5.29. The number of alkyl halides is 3. The van der Waals surface area contributed by atoms with Gasteiger partial charge in [-0.25, -0.2) is 4.98 Å². The fraction of sp³-hybridized carbons (Fsp3) is 0.286. The molecular formula is C14H14F3N3O. The van der Waals surface area contributed by atoms with Crippen LogP contribution in [0.3, 0.4) is 0 Å². The van der Waals surface area contributed by atoms with Crippen molar-refractivity contribution in [2.24, 2.45) is 0 Å². The van der Waals surface area contributed by atoms with E-state index in [9.17, 15) is 13.2 Å². The molecule has 0 saturated carbocycles. The van der Waals surface area contributed by atoms with Crippen molar-refractivity contribution in [2.75, 3.05) is 11.9 Å². The minimum atomic E-state index is -4.37. The zero-order valence-electron chi connectivity index (χ0n) is 11.3. The number of rotatable bonds is 5. The first kappa shape index (κ1) is 15.1. The van der Waals surface area contributed by atoms with Crippen LogP contribution in [0.4, 0.5) is 18.9 Å². The molecule has 0 atom stereocenters. The molecule has 112 valence electrons. The Morgan fingerprint density at radius 3 is 2.48 bits per heavy atom. The van der Waals surface area contributed by atoms with Gasteiger partial charge >= 0.3 is 6.18 Å². The highest BCUT2D eigenvalue weighted by Gasteiger charge is 2.28. The van der Waals surface area contributed by atoms with Crippen LogP contribution in [0.15, 0.2) is 36.7 Å². The van der Waals surface area contributed by atoms with Crippen molar-refractivity contribution < 1.29 is 17.9 Å². The van der Waals surface area contributed by atoms with Gasteiger partial charge in [-0.2, -0.15) is 13.2 Å². The molecule has 0 spiro atoms. The van der Waals surface area contributed by atoms with Gasteiger partial charge in [0.25, 0.3) is 0 Å². The van der Waals surface area contributed by atoms with Crippen molar-refractivity contribution in [3.05, 3.63) is 47.9 Å². The lowest BCUT2D eigenvalue weighted by Gasteiger charge is -2.09. The molecule has 1 N–H and O–H groups in total. The predicted octanol–water partition coefficient (Wildman–Crippen LogP) is 3.34. The average Bonchev–Trinajstić information content (AvgIpc) is 2.45. The van der Waals surface area contributed by atoms with Crippen LogP contribution in [0.5, 0.6) is 5.88 Å². The fourth-order valence-corrected chi connectivity index (χ4v) is 1.52. The first-order valence-corrected chi connectivity index (χ1v) is 6.23. The Labute approximate surface area is 120 Å². The highest BCUT2D eigenvalue weighted by atomic mass is 19.4. The molecule has 21 heavy (non-hydrogen) atoms. The van der Waals surface area contributed by atoms with Gasteiger partial charge in [0, 0.05) is 12.3 Å². The predicted molar refractivity (Wildman–Crippen MR) is 72.1 cm³/mol. The van der Waals surface area contributed by atoms with Gasteiger partial charge in [0.1, 0.15) is 0 Å². The molecule has 2 heterocycles. The smallest absolute Gasteiger partial charge is 0.422 e. The van der Waals surface area contributed by atoms with E-state index in [-0.39, 0.29) is 5.88 Å². The summed E-state index contributed by atoms with van der Waals surface area (Å²) in [6, 6.07) is 6.84. The van der Waals surface area contributed by atoms with Gasteiger partial charge in [0.05, 0.1) is 24.1 Å². The fourth-order valence-electron chi connectivity index (χ4n) is 1.52. The SMILES string of the molecule is Cc1ccc(CNc2ccc(OCC(F)(F)F)nc2)nc1. The summed E-state index contributed by atoms with van der Waals surface area (Å²) >= 11 is 0. The largest absolute Gasteiger partial charge is 0.468 e. The Kier molecular flexibility index (Phi) is 4.62. The van der Waals surface area contributed by atoms with E-state index in [4.69, 9.17) is 0 Å². The lowest BCUT2D eigenvalue weighted by molar-refractivity contribution is -0.154. The van der Waals surface area contributed by atoms with Crippen molar-refractivity contribution in [3.63, 3.8) is 0 Å². The van der Waals surface area contributed by atoms with E-state index >= 15 is 0 Å². The van der Waals surface area contributed by atoms with Crippen LogP contribution < -0.4 is 10.1 Å². The molecule has 0 radical (unpaired) electrons. The minimum absolute atomic E-state index is 0.0636.